The van der Waals surface area contributed by atoms with Gasteiger partial charge in [0.05, 0.1) is 25.0 Å². The van der Waals surface area contributed by atoms with Gasteiger partial charge in [-0.25, -0.2) is 13.9 Å². The van der Waals surface area contributed by atoms with Gasteiger partial charge in [-0.05, 0) is 37.5 Å². The van der Waals surface area contributed by atoms with Gasteiger partial charge in [-0.15, -0.1) is 0 Å². The van der Waals surface area contributed by atoms with Crippen molar-refractivity contribution in [2.45, 2.75) is 31.8 Å². The van der Waals surface area contributed by atoms with Gasteiger partial charge in [0, 0.05) is 25.0 Å². The molecule has 28 heavy (non-hydrogen) atoms. The predicted molar refractivity (Wildman–Crippen MR) is 101 cm³/mol. The SMILES string of the molecule is CC(CO)NC(=O)c1cnn2ccc(N3CCC[C@@H]3c3cncc(F)c3)nc12. The van der Waals surface area contributed by atoms with Gasteiger partial charge in [0.25, 0.3) is 5.91 Å². The zero-order chi connectivity index (χ0) is 19.7. The summed E-state index contributed by atoms with van der Waals surface area (Å²) in [5.41, 5.74) is 1.58. The van der Waals surface area contributed by atoms with E-state index >= 15 is 0 Å². The number of nitrogens with zero attached hydrogens (tertiary/aromatic N) is 5. The molecular formula is C19H21FN6O2. The van der Waals surface area contributed by atoms with Crippen LogP contribution in [0.1, 0.15) is 41.7 Å². The first-order valence-corrected chi connectivity index (χ1v) is 9.20. The van der Waals surface area contributed by atoms with Crippen molar-refractivity contribution in [1.82, 2.24) is 24.9 Å². The van der Waals surface area contributed by atoms with E-state index in [1.165, 1.54) is 23.0 Å². The highest BCUT2D eigenvalue weighted by Crippen LogP contribution is 2.35. The summed E-state index contributed by atoms with van der Waals surface area (Å²) in [7, 11) is 0. The number of rotatable bonds is 5. The van der Waals surface area contributed by atoms with E-state index in [0.717, 1.165) is 24.9 Å². The van der Waals surface area contributed by atoms with Crippen molar-refractivity contribution in [2.24, 2.45) is 0 Å². The molecule has 0 bridgehead atoms. The summed E-state index contributed by atoms with van der Waals surface area (Å²) in [5.74, 6) is -0.00182. The Morgan fingerprint density at radius 1 is 1.43 bits per heavy atom. The Hall–Kier alpha value is -3.07. The fourth-order valence-electron chi connectivity index (χ4n) is 3.52. The largest absolute Gasteiger partial charge is 0.394 e. The van der Waals surface area contributed by atoms with Gasteiger partial charge in [0.2, 0.25) is 0 Å². The minimum Gasteiger partial charge on any atom is -0.394 e. The molecule has 1 aliphatic rings. The molecule has 1 saturated heterocycles. The van der Waals surface area contributed by atoms with Crippen LogP contribution in [0.3, 0.4) is 0 Å². The third-order valence-corrected chi connectivity index (χ3v) is 4.91. The maximum Gasteiger partial charge on any atom is 0.257 e. The van der Waals surface area contributed by atoms with Gasteiger partial charge in [0.15, 0.2) is 5.65 Å². The molecule has 4 rings (SSSR count). The van der Waals surface area contributed by atoms with Crippen molar-refractivity contribution in [3.8, 4) is 0 Å². The molecular weight excluding hydrogens is 363 g/mol. The standard InChI is InChI=1S/C19H21FN6O2/c1-12(11-27)23-19(28)15-10-22-26-6-4-17(24-18(15)26)25-5-2-3-16(25)13-7-14(20)9-21-8-13/h4,6-10,12,16,27H,2-3,5,11H2,1H3,(H,23,28)/t12?,16-/m1/s1. The quantitative estimate of drug-likeness (QED) is 0.695. The van der Waals surface area contributed by atoms with Crippen LogP contribution in [0.2, 0.25) is 0 Å². The minimum absolute atomic E-state index is 0.0206. The van der Waals surface area contributed by atoms with Crippen LogP contribution < -0.4 is 10.2 Å². The van der Waals surface area contributed by atoms with E-state index in [1.807, 2.05) is 6.07 Å². The number of amides is 1. The number of anilines is 1. The Morgan fingerprint density at radius 2 is 2.29 bits per heavy atom. The third kappa shape index (κ3) is 3.40. The van der Waals surface area contributed by atoms with E-state index in [0.29, 0.717) is 17.0 Å². The molecule has 0 aromatic carbocycles. The highest BCUT2D eigenvalue weighted by Gasteiger charge is 2.28. The van der Waals surface area contributed by atoms with Crippen LogP contribution in [0.4, 0.5) is 10.2 Å². The van der Waals surface area contributed by atoms with Crippen LogP contribution in [0.5, 0.6) is 0 Å². The fraction of sp³-hybridized carbons (Fsp3) is 0.368. The van der Waals surface area contributed by atoms with Gasteiger partial charge in [-0.3, -0.25) is 9.78 Å². The van der Waals surface area contributed by atoms with Crippen LogP contribution >= 0.6 is 0 Å². The number of hydrogen-bond donors (Lipinski definition) is 2. The summed E-state index contributed by atoms with van der Waals surface area (Å²) < 4.78 is 15.2. The van der Waals surface area contributed by atoms with E-state index in [1.54, 1.807) is 19.3 Å². The van der Waals surface area contributed by atoms with Crippen molar-refractivity contribution >= 4 is 17.4 Å². The molecule has 1 unspecified atom stereocenters. The fourth-order valence-corrected chi connectivity index (χ4v) is 3.52. The highest BCUT2D eigenvalue weighted by atomic mass is 19.1. The Morgan fingerprint density at radius 3 is 3.07 bits per heavy atom. The number of aliphatic hydroxyl groups excluding tert-OH is 1. The second-order valence-corrected chi connectivity index (χ2v) is 6.96. The van der Waals surface area contributed by atoms with Crippen molar-refractivity contribution in [2.75, 3.05) is 18.1 Å². The van der Waals surface area contributed by atoms with E-state index in [9.17, 15) is 9.18 Å². The molecule has 3 aromatic rings. The smallest absolute Gasteiger partial charge is 0.257 e. The molecule has 146 valence electrons. The first-order valence-electron chi connectivity index (χ1n) is 9.20. The molecule has 2 atom stereocenters. The lowest BCUT2D eigenvalue weighted by molar-refractivity contribution is 0.0924. The molecule has 1 amide bonds. The monoisotopic (exact) mass is 384 g/mol. The van der Waals surface area contributed by atoms with Crippen LogP contribution in [0, 0.1) is 5.82 Å². The molecule has 8 nitrogen and oxygen atoms in total. The summed E-state index contributed by atoms with van der Waals surface area (Å²) in [4.78, 5) is 23.2. The summed E-state index contributed by atoms with van der Waals surface area (Å²) >= 11 is 0. The van der Waals surface area contributed by atoms with E-state index in [4.69, 9.17) is 5.11 Å². The van der Waals surface area contributed by atoms with Crippen molar-refractivity contribution in [3.05, 3.63) is 53.9 Å². The Labute approximate surface area is 161 Å². The maximum atomic E-state index is 13.6. The number of carbonyl (C=O) groups is 1. The van der Waals surface area contributed by atoms with Gasteiger partial charge < -0.3 is 15.3 Å². The van der Waals surface area contributed by atoms with Crippen LogP contribution in [-0.2, 0) is 0 Å². The van der Waals surface area contributed by atoms with E-state index < -0.39 is 0 Å². The zero-order valence-corrected chi connectivity index (χ0v) is 15.4. The average Bonchev–Trinajstić information content (AvgIpc) is 3.34. The second kappa shape index (κ2) is 7.51. The molecule has 0 saturated carbocycles. The van der Waals surface area contributed by atoms with Crippen LogP contribution in [-0.4, -0.2) is 49.8 Å². The lowest BCUT2D eigenvalue weighted by Crippen LogP contribution is -2.35. The number of nitrogens with one attached hydrogen (secondary N) is 1. The lowest BCUT2D eigenvalue weighted by atomic mass is 10.1. The molecule has 0 spiro atoms. The molecule has 0 radical (unpaired) electrons. The molecule has 1 fully saturated rings. The molecule has 1 aliphatic heterocycles. The minimum atomic E-state index is -0.367. The van der Waals surface area contributed by atoms with Crippen molar-refractivity contribution < 1.29 is 14.3 Å². The summed E-state index contributed by atoms with van der Waals surface area (Å²) in [6.07, 6.45) is 7.91. The topological polar surface area (TPSA) is 95.6 Å². The molecule has 3 aromatic heterocycles. The van der Waals surface area contributed by atoms with Gasteiger partial charge >= 0.3 is 0 Å². The van der Waals surface area contributed by atoms with Crippen LogP contribution in [0.15, 0.2) is 36.9 Å². The van der Waals surface area contributed by atoms with E-state index in [-0.39, 0.29) is 30.4 Å². The van der Waals surface area contributed by atoms with Gasteiger partial charge in [-0.2, -0.15) is 5.10 Å². The summed E-state index contributed by atoms with van der Waals surface area (Å²) in [6, 6.07) is 2.95. The molecule has 0 aliphatic carbocycles. The summed E-state index contributed by atoms with van der Waals surface area (Å²) in [6.45, 7) is 2.34. The van der Waals surface area contributed by atoms with Crippen molar-refractivity contribution in [3.63, 3.8) is 0 Å². The normalized spacial score (nSPS) is 17.8. The molecule has 2 N–H and O–H groups in total. The number of halogens is 1. The Kier molecular flexibility index (Phi) is 4.91. The van der Waals surface area contributed by atoms with Gasteiger partial charge in [-0.1, -0.05) is 0 Å². The Bertz CT molecular complexity index is 1010. The number of hydrogen-bond acceptors (Lipinski definition) is 6. The lowest BCUT2D eigenvalue weighted by Gasteiger charge is -2.26. The predicted octanol–water partition coefficient (Wildman–Crippen LogP) is 1.72. The number of fused-ring (bicyclic) bond motifs is 1. The Balaban J connectivity index is 1.67. The maximum absolute atomic E-state index is 13.6. The first kappa shape index (κ1) is 18.3. The number of pyridine rings is 1. The van der Waals surface area contributed by atoms with Crippen molar-refractivity contribution in [1.29, 1.82) is 0 Å². The molecule has 4 heterocycles. The third-order valence-electron chi connectivity index (χ3n) is 4.91. The van der Waals surface area contributed by atoms with E-state index in [2.05, 4.69) is 25.3 Å². The number of carbonyl (C=O) groups excluding carboxylic acids is 1. The second-order valence-electron chi connectivity index (χ2n) is 6.96. The molecule has 9 heteroatoms. The zero-order valence-electron chi connectivity index (χ0n) is 15.4. The average molecular weight is 384 g/mol. The van der Waals surface area contributed by atoms with Crippen LogP contribution in [0.25, 0.3) is 5.65 Å². The first-order chi connectivity index (χ1) is 13.6. The summed E-state index contributed by atoms with van der Waals surface area (Å²) in [5, 5.41) is 16.0. The van der Waals surface area contributed by atoms with Gasteiger partial charge in [0.1, 0.15) is 17.2 Å². The number of aromatic nitrogens is 4. The number of aliphatic hydroxyl groups is 1. The highest BCUT2D eigenvalue weighted by molar-refractivity contribution is 5.99.